The first-order valence-corrected chi connectivity index (χ1v) is 4.97. The molecule has 0 atom stereocenters. The molecule has 0 N–H and O–H groups in total. The predicted octanol–water partition coefficient (Wildman–Crippen LogP) is 1.55. The molecule has 7 heteroatoms. The number of rotatable bonds is 2. The van der Waals surface area contributed by atoms with E-state index in [-0.39, 0.29) is 39.5 Å². The molecule has 0 fully saturated rings. The molecular formula is C6H5Cl2NaO3S. The summed E-state index contributed by atoms with van der Waals surface area (Å²) in [6.07, 6.45) is 0. The normalized spacial score (nSPS) is 10.6. The summed E-state index contributed by atoms with van der Waals surface area (Å²) in [6, 6.07) is 5.87. The number of hydrogen-bond donors (Lipinski definition) is 0. The third-order valence-corrected chi connectivity index (χ3v) is 3.19. The SMILES string of the molecule is O=S(=O)(OCl)c1ccccc1Cl.[NaH]. The van der Waals surface area contributed by atoms with Crippen LogP contribution in [0.1, 0.15) is 0 Å². The minimum atomic E-state index is -3.90. The van der Waals surface area contributed by atoms with Crippen LogP contribution in [0.5, 0.6) is 0 Å². The van der Waals surface area contributed by atoms with Gasteiger partial charge in [-0.1, -0.05) is 23.7 Å². The average Bonchev–Trinajstić information content (AvgIpc) is 2.05. The number of benzene rings is 1. The molecule has 0 heterocycles. The van der Waals surface area contributed by atoms with Crippen LogP contribution in [0.15, 0.2) is 29.2 Å². The Labute approximate surface area is 109 Å². The number of hydrogen-bond acceptors (Lipinski definition) is 3. The minimum absolute atomic E-state index is 0. The van der Waals surface area contributed by atoms with Crippen LogP contribution in [-0.4, -0.2) is 38.0 Å². The topological polar surface area (TPSA) is 43.4 Å². The Balaban J connectivity index is 0.00000144. The van der Waals surface area contributed by atoms with Crippen molar-refractivity contribution in [3.05, 3.63) is 29.3 Å². The van der Waals surface area contributed by atoms with Crippen molar-refractivity contribution in [1.29, 1.82) is 0 Å². The van der Waals surface area contributed by atoms with Crippen molar-refractivity contribution in [3.63, 3.8) is 0 Å². The second-order valence-corrected chi connectivity index (χ2v) is 4.21. The van der Waals surface area contributed by atoms with Crippen LogP contribution in [0.2, 0.25) is 5.02 Å². The van der Waals surface area contributed by atoms with Crippen LogP contribution in [0, 0.1) is 0 Å². The first-order valence-electron chi connectivity index (χ1n) is 2.87. The van der Waals surface area contributed by atoms with Gasteiger partial charge in [0.25, 0.3) is 0 Å². The van der Waals surface area contributed by atoms with Crippen LogP contribution in [0.4, 0.5) is 0 Å². The molecule has 1 aromatic rings. The van der Waals surface area contributed by atoms with Crippen LogP contribution in [0.25, 0.3) is 0 Å². The van der Waals surface area contributed by atoms with E-state index in [9.17, 15) is 8.42 Å². The molecule has 0 aromatic heterocycles. The van der Waals surface area contributed by atoms with Crippen molar-refractivity contribution < 1.29 is 12.2 Å². The van der Waals surface area contributed by atoms with Crippen molar-refractivity contribution in [2.45, 2.75) is 4.90 Å². The van der Waals surface area contributed by atoms with Crippen LogP contribution in [0.3, 0.4) is 0 Å². The first-order chi connectivity index (χ1) is 5.58. The monoisotopic (exact) mass is 250 g/mol. The van der Waals surface area contributed by atoms with Crippen LogP contribution in [-0.2, 0) is 13.9 Å². The van der Waals surface area contributed by atoms with E-state index >= 15 is 0 Å². The summed E-state index contributed by atoms with van der Waals surface area (Å²) in [4.78, 5) is -0.137. The van der Waals surface area contributed by atoms with Crippen LogP contribution < -0.4 is 0 Å². The van der Waals surface area contributed by atoms with Gasteiger partial charge in [-0.25, -0.2) is 0 Å². The van der Waals surface area contributed by atoms with Gasteiger partial charge in [-0.3, -0.25) is 0 Å². The van der Waals surface area contributed by atoms with Gasteiger partial charge >= 0.3 is 39.7 Å². The standard InChI is InChI=1S/C6H4Cl2O3S.Na.H/c7-5-3-1-2-4-6(5)12(9,10)11-8;;/h1-4H;;. The molecular weight excluding hydrogens is 246 g/mol. The van der Waals surface area contributed by atoms with Gasteiger partial charge in [0.1, 0.15) is 4.90 Å². The molecule has 0 saturated heterocycles. The van der Waals surface area contributed by atoms with E-state index in [4.69, 9.17) is 23.5 Å². The molecule has 0 amide bonds. The summed E-state index contributed by atoms with van der Waals surface area (Å²) in [7, 11) is -3.90. The Morgan fingerprint density at radius 3 is 2.23 bits per heavy atom. The summed E-state index contributed by atoms with van der Waals surface area (Å²) in [5.41, 5.74) is 0. The number of halogens is 2. The Kier molecular flexibility index (Phi) is 5.86. The zero-order chi connectivity index (χ0) is 9.19. The van der Waals surface area contributed by atoms with E-state index in [1.165, 1.54) is 18.2 Å². The zero-order valence-electron chi connectivity index (χ0n) is 5.70. The van der Waals surface area contributed by atoms with Gasteiger partial charge < -0.3 is 0 Å². The summed E-state index contributed by atoms with van der Waals surface area (Å²) in [5.74, 6) is 0. The Bertz CT molecular complexity index is 379. The van der Waals surface area contributed by atoms with E-state index in [1.807, 2.05) is 0 Å². The fourth-order valence-corrected chi connectivity index (χ4v) is 1.92. The Hall–Kier alpha value is 0.710. The maximum atomic E-state index is 11.0. The summed E-state index contributed by atoms with van der Waals surface area (Å²) >= 11 is 10.3. The van der Waals surface area contributed by atoms with E-state index in [0.717, 1.165) is 0 Å². The van der Waals surface area contributed by atoms with E-state index in [2.05, 4.69) is 3.74 Å². The van der Waals surface area contributed by atoms with Crippen molar-refractivity contribution in [3.8, 4) is 0 Å². The molecule has 0 spiro atoms. The molecule has 68 valence electrons. The molecule has 0 radical (unpaired) electrons. The van der Waals surface area contributed by atoms with Crippen LogP contribution >= 0.6 is 23.5 Å². The van der Waals surface area contributed by atoms with Gasteiger partial charge in [0.2, 0.25) is 0 Å². The van der Waals surface area contributed by atoms with Crippen molar-refractivity contribution in [2.75, 3.05) is 0 Å². The summed E-state index contributed by atoms with van der Waals surface area (Å²) in [5, 5.41) is 0.0816. The molecule has 3 nitrogen and oxygen atoms in total. The van der Waals surface area contributed by atoms with Gasteiger partial charge in [-0.15, -0.1) is 0 Å². The molecule has 0 saturated carbocycles. The predicted molar refractivity (Wildman–Crippen MR) is 52.7 cm³/mol. The third kappa shape index (κ3) is 3.40. The third-order valence-electron chi connectivity index (χ3n) is 1.19. The zero-order valence-corrected chi connectivity index (χ0v) is 8.03. The maximum absolute atomic E-state index is 11.0. The molecule has 1 aromatic carbocycles. The van der Waals surface area contributed by atoms with Gasteiger partial charge in [-0.2, -0.15) is 12.2 Å². The fraction of sp³-hybridized carbons (Fsp3) is 0. The quantitative estimate of drug-likeness (QED) is 0.749. The molecule has 13 heavy (non-hydrogen) atoms. The van der Waals surface area contributed by atoms with Gasteiger partial charge in [-0.05, 0) is 12.1 Å². The van der Waals surface area contributed by atoms with Crippen molar-refractivity contribution >= 4 is 63.1 Å². The molecule has 0 unspecified atom stereocenters. The van der Waals surface area contributed by atoms with E-state index in [1.54, 1.807) is 6.07 Å². The first kappa shape index (κ1) is 13.7. The molecule has 0 aliphatic rings. The van der Waals surface area contributed by atoms with Gasteiger partial charge in [0, 0.05) is 0 Å². The molecule has 0 bridgehead atoms. The van der Waals surface area contributed by atoms with E-state index < -0.39 is 10.1 Å². The second kappa shape index (κ2) is 5.56. The molecule has 1 rings (SSSR count). The van der Waals surface area contributed by atoms with Gasteiger partial charge in [0.15, 0.2) is 0 Å². The summed E-state index contributed by atoms with van der Waals surface area (Å²) < 4.78 is 25.7. The second-order valence-electron chi connectivity index (χ2n) is 1.95. The molecule has 0 aliphatic carbocycles. The Morgan fingerprint density at radius 2 is 1.77 bits per heavy atom. The average molecular weight is 251 g/mol. The Morgan fingerprint density at radius 1 is 1.23 bits per heavy atom. The van der Waals surface area contributed by atoms with Gasteiger partial charge in [0.05, 0.1) is 16.9 Å². The molecule has 0 aliphatic heterocycles. The van der Waals surface area contributed by atoms with E-state index in [0.29, 0.717) is 0 Å². The van der Waals surface area contributed by atoms with Crippen molar-refractivity contribution in [2.24, 2.45) is 0 Å². The van der Waals surface area contributed by atoms with Crippen molar-refractivity contribution in [1.82, 2.24) is 0 Å². The summed E-state index contributed by atoms with van der Waals surface area (Å²) in [6.45, 7) is 0. The fourth-order valence-electron chi connectivity index (χ4n) is 0.681.